The lowest BCUT2D eigenvalue weighted by Crippen LogP contribution is -2.33. The van der Waals surface area contributed by atoms with E-state index in [4.69, 9.17) is 21.7 Å². The molecule has 0 radical (unpaired) electrons. The van der Waals surface area contributed by atoms with Gasteiger partial charge >= 0.3 is 0 Å². The molecule has 23 heavy (non-hydrogen) atoms. The van der Waals surface area contributed by atoms with E-state index in [2.05, 4.69) is 15.6 Å². The van der Waals surface area contributed by atoms with Gasteiger partial charge in [0, 0.05) is 17.4 Å². The van der Waals surface area contributed by atoms with Crippen molar-refractivity contribution in [3.8, 4) is 22.8 Å². The highest BCUT2D eigenvalue weighted by Gasteiger charge is 2.10. The summed E-state index contributed by atoms with van der Waals surface area (Å²) in [5, 5.41) is 8.22. The van der Waals surface area contributed by atoms with Gasteiger partial charge in [0.15, 0.2) is 21.7 Å². The zero-order chi connectivity index (χ0) is 16.8. The molecule has 0 unspecified atom stereocenters. The Balaban J connectivity index is 2.13. The lowest BCUT2D eigenvalue weighted by molar-refractivity contribution is -0.119. The van der Waals surface area contributed by atoms with Gasteiger partial charge in [-0.15, -0.1) is 11.3 Å². The molecule has 0 spiro atoms. The highest BCUT2D eigenvalue weighted by atomic mass is 32.1. The van der Waals surface area contributed by atoms with E-state index < -0.39 is 0 Å². The minimum absolute atomic E-state index is 0.140. The van der Waals surface area contributed by atoms with Crippen LogP contribution in [-0.2, 0) is 4.79 Å². The number of benzene rings is 1. The Kier molecular flexibility index (Phi) is 5.89. The van der Waals surface area contributed by atoms with E-state index in [0.717, 1.165) is 11.3 Å². The first kappa shape index (κ1) is 17.2. The third-order valence-corrected chi connectivity index (χ3v) is 3.94. The zero-order valence-corrected chi connectivity index (χ0v) is 14.6. The molecule has 0 fully saturated rings. The van der Waals surface area contributed by atoms with Gasteiger partial charge in [-0.25, -0.2) is 4.98 Å². The monoisotopic (exact) mass is 351 g/mol. The van der Waals surface area contributed by atoms with Crippen molar-refractivity contribution < 1.29 is 14.3 Å². The van der Waals surface area contributed by atoms with Crippen molar-refractivity contribution in [3.63, 3.8) is 0 Å². The molecule has 6 nitrogen and oxygen atoms in total. The highest BCUT2D eigenvalue weighted by Crippen LogP contribution is 2.33. The van der Waals surface area contributed by atoms with Crippen LogP contribution in [0.5, 0.6) is 11.5 Å². The van der Waals surface area contributed by atoms with Crippen LogP contribution in [0, 0.1) is 0 Å². The summed E-state index contributed by atoms with van der Waals surface area (Å²) in [6.07, 6.45) is 0.372. The fraction of sp³-hybridized carbons (Fsp3) is 0.267. The molecule has 2 N–H and O–H groups in total. The summed E-state index contributed by atoms with van der Waals surface area (Å²) < 4.78 is 10.5. The van der Waals surface area contributed by atoms with Gasteiger partial charge in [0.05, 0.1) is 19.9 Å². The number of carbonyl (C=O) groups excluding carboxylic acids is 1. The van der Waals surface area contributed by atoms with Crippen molar-refractivity contribution in [1.82, 2.24) is 10.3 Å². The second kappa shape index (κ2) is 7.89. The third-order valence-electron chi connectivity index (χ3n) is 2.98. The molecule has 122 valence electrons. The van der Waals surface area contributed by atoms with Crippen LogP contribution in [0.4, 0.5) is 5.13 Å². The van der Waals surface area contributed by atoms with E-state index in [0.29, 0.717) is 23.1 Å². The minimum atomic E-state index is -0.140. The normalized spacial score (nSPS) is 10.0. The topological polar surface area (TPSA) is 72.5 Å². The maximum absolute atomic E-state index is 11.3. The summed E-state index contributed by atoms with van der Waals surface area (Å²) >= 11 is 6.46. The molecule has 0 aliphatic heterocycles. The lowest BCUT2D eigenvalue weighted by atomic mass is 10.1. The smallest absolute Gasteiger partial charge is 0.225 e. The number of thiazole rings is 1. The van der Waals surface area contributed by atoms with Crippen LogP contribution < -0.4 is 20.1 Å². The second-order valence-electron chi connectivity index (χ2n) is 4.46. The zero-order valence-electron chi connectivity index (χ0n) is 13.0. The number of hydrogen-bond donors (Lipinski definition) is 2. The van der Waals surface area contributed by atoms with Gasteiger partial charge in [-0.3, -0.25) is 4.79 Å². The summed E-state index contributed by atoms with van der Waals surface area (Å²) in [5.41, 5.74) is 1.68. The molecule has 2 aromatic rings. The Morgan fingerprint density at radius 1 is 1.30 bits per heavy atom. The maximum Gasteiger partial charge on any atom is 0.225 e. The SMILES string of the molecule is CCC(=O)NC(=S)Nc1nc(-c2ccc(OC)c(OC)c2)cs1. The first-order valence-corrected chi connectivity index (χ1v) is 8.15. The Labute approximate surface area is 143 Å². The molecular weight excluding hydrogens is 334 g/mol. The summed E-state index contributed by atoms with van der Waals surface area (Å²) in [6.45, 7) is 1.76. The Morgan fingerprint density at radius 2 is 2.04 bits per heavy atom. The molecule has 1 aromatic heterocycles. The van der Waals surface area contributed by atoms with Gasteiger partial charge < -0.3 is 20.1 Å². The highest BCUT2D eigenvalue weighted by molar-refractivity contribution is 7.80. The van der Waals surface area contributed by atoms with Crippen LogP contribution in [0.15, 0.2) is 23.6 Å². The number of amides is 1. The number of anilines is 1. The molecule has 0 aliphatic carbocycles. The van der Waals surface area contributed by atoms with Crippen molar-refractivity contribution in [1.29, 1.82) is 0 Å². The van der Waals surface area contributed by atoms with Crippen LogP contribution >= 0.6 is 23.6 Å². The number of rotatable bonds is 5. The molecule has 0 bridgehead atoms. The van der Waals surface area contributed by atoms with Gasteiger partial charge in [0.1, 0.15) is 0 Å². The molecule has 0 aliphatic rings. The van der Waals surface area contributed by atoms with E-state index in [-0.39, 0.29) is 11.0 Å². The Bertz CT molecular complexity index is 716. The number of ether oxygens (including phenoxy) is 2. The van der Waals surface area contributed by atoms with Crippen molar-refractivity contribution in [2.75, 3.05) is 19.5 Å². The second-order valence-corrected chi connectivity index (χ2v) is 5.73. The van der Waals surface area contributed by atoms with Crippen LogP contribution in [-0.4, -0.2) is 30.2 Å². The largest absolute Gasteiger partial charge is 0.493 e. The Hall–Kier alpha value is -2.19. The third kappa shape index (κ3) is 4.40. The summed E-state index contributed by atoms with van der Waals surface area (Å²) in [5.74, 6) is 1.16. The average molecular weight is 351 g/mol. The molecule has 0 saturated heterocycles. The van der Waals surface area contributed by atoms with Crippen LogP contribution in [0.1, 0.15) is 13.3 Å². The van der Waals surface area contributed by atoms with Gasteiger partial charge in [0.25, 0.3) is 0 Å². The first-order valence-electron chi connectivity index (χ1n) is 6.86. The molecular formula is C15H17N3O3S2. The predicted octanol–water partition coefficient (Wildman–Crippen LogP) is 3.05. The molecule has 0 saturated carbocycles. The molecule has 1 heterocycles. The molecule has 0 atom stereocenters. The van der Waals surface area contributed by atoms with Crippen molar-refractivity contribution in [2.24, 2.45) is 0 Å². The van der Waals surface area contributed by atoms with Crippen LogP contribution in [0.2, 0.25) is 0 Å². The molecule has 1 amide bonds. The van der Waals surface area contributed by atoms with E-state index >= 15 is 0 Å². The van der Waals surface area contributed by atoms with Gasteiger partial charge in [0.2, 0.25) is 5.91 Å². The van der Waals surface area contributed by atoms with Gasteiger partial charge in [-0.1, -0.05) is 6.92 Å². The predicted molar refractivity (Wildman–Crippen MR) is 95.3 cm³/mol. The lowest BCUT2D eigenvalue weighted by Gasteiger charge is -2.08. The van der Waals surface area contributed by atoms with Crippen LogP contribution in [0.3, 0.4) is 0 Å². The molecule has 1 aromatic carbocycles. The Morgan fingerprint density at radius 3 is 2.70 bits per heavy atom. The minimum Gasteiger partial charge on any atom is -0.493 e. The fourth-order valence-electron chi connectivity index (χ4n) is 1.80. The van der Waals surface area contributed by atoms with Crippen molar-refractivity contribution in [3.05, 3.63) is 23.6 Å². The summed E-state index contributed by atoms with van der Waals surface area (Å²) in [7, 11) is 3.18. The van der Waals surface area contributed by atoms with Crippen molar-refractivity contribution >= 4 is 39.7 Å². The first-order chi connectivity index (χ1) is 11.1. The standard InChI is InChI=1S/C15H17N3O3S2/c1-4-13(19)17-14(22)18-15-16-10(8-23-15)9-5-6-11(20-2)12(7-9)21-3/h5-8H,4H2,1-3H3,(H2,16,17,18,19,22). The van der Waals surface area contributed by atoms with E-state index in [1.165, 1.54) is 11.3 Å². The molecule has 8 heteroatoms. The number of hydrogen-bond acceptors (Lipinski definition) is 6. The summed E-state index contributed by atoms with van der Waals surface area (Å²) in [6, 6.07) is 5.58. The summed E-state index contributed by atoms with van der Waals surface area (Å²) in [4.78, 5) is 15.7. The maximum atomic E-state index is 11.3. The van der Waals surface area contributed by atoms with Gasteiger partial charge in [-0.2, -0.15) is 0 Å². The number of thiocarbonyl (C=S) groups is 1. The number of aromatic nitrogens is 1. The number of nitrogens with zero attached hydrogens (tertiary/aromatic N) is 1. The van der Waals surface area contributed by atoms with E-state index in [1.54, 1.807) is 21.1 Å². The van der Waals surface area contributed by atoms with Crippen LogP contribution in [0.25, 0.3) is 11.3 Å². The van der Waals surface area contributed by atoms with E-state index in [1.807, 2.05) is 23.6 Å². The number of carbonyl (C=O) groups is 1. The quantitative estimate of drug-likeness (QED) is 0.807. The fourth-order valence-corrected chi connectivity index (χ4v) is 2.80. The number of nitrogens with one attached hydrogen (secondary N) is 2. The number of methoxy groups -OCH3 is 2. The van der Waals surface area contributed by atoms with E-state index in [9.17, 15) is 4.79 Å². The average Bonchev–Trinajstić information content (AvgIpc) is 3.02. The molecule has 2 rings (SSSR count). The van der Waals surface area contributed by atoms with Gasteiger partial charge in [-0.05, 0) is 30.4 Å². The van der Waals surface area contributed by atoms with Crippen molar-refractivity contribution in [2.45, 2.75) is 13.3 Å².